The highest BCUT2D eigenvalue weighted by molar-refractivity contribution is 5.36. The predicted octanol–water partition coefficient (Wildman–Crippen LogP) is 4.58. The number of hydrogen-bond acceptors (Lipinski definition) is 4. The normalized spacial score (nSPS) is 23.1. The zero-order valence-corrected chi connectivity index (χ0v) is 16.9. The first-order valence-electron chi connectivity index (χ1n) is 10.5. The van der Waals surface area contributed by atoms with Crippen LogP contribution in [0.3, 0.4) is 0 Å². The molecule has 0 radical (unpaired) electrons. The zero-order chi connectivity index (χ0) is 22.1. The minimum absolute atomic E-state index is 0.300. The Balaban J connectivity index is 1.15. The topological polar surface area (TPSA) is 43.2 Å². The second-order valence-corrected chi connectivity index (χ2v) is 8.45. The highest BCUT2D eigenvalue weighted by atomic mass is 19.4. The van der Waals surface area contributed by atoms with Crippen molar-refractivity contribution < 1.29 is 26.7 Å². The highest BCUT2D eigenvalue weighted by Gasteiger charge is 2.58. The van der Waals surface area contributed by atoms with Crippen molar-refractivity contribution in [2.24, 2.45) is 17.8 Å². The molecule has 1 aromatic carbocycles. The number of aromatic nitrogens is 3. The molecule has 1 saturated carbocycles. The van der Waals surface area contributed by atoms with E-state index in [4.69, 9.17) is 4.74 Å². The van der Waals surface area contributed by atoms with Gasteiger partial charge in [0, 0.05) is 0 Å². The second-order valence-electron chi connectivity index (χ2n) is 8.45. The quantitative estimate of drug-likeness (QED) is 0.559. The van der Waals surface area contributed by atoms with E-state index >= 15 is 0 Å². The summed E-state index contributed by atoms with van der Waals surface area (Å²) in [4.78, 5) is 5.15. The molecule has 2 aliphatic rings. The van der Waals surface area contributed by atoms with Gasteiger partial charge in [0.25, 0.3) is 0 Å². The summed E-state index contributed by atoms with van der Waals surface area (Å²) in [6.45, 7) is -0.0380. The molecule has 4 rings (SSSR count). The number of nitrogens with zero attached hydrogens (tertiary/aromatic N) is 4. The van der Waals surface area contributed by atoms with Crippen LogP contribution in [0.4, 0.5) is 22.0 Å². The molecule has 0 spiro atoms. The van der Waals surface area contributed by atoms with E-state index in [1.165, 1.54) is 11.2 Å². The number of likely N-dealkylation sites (tertiary alicyclic amines) is 1. The standard InChI is InChI=1S/C21H25F5N4O/c22-20(23,21(24,25)26)12-29-8-5-15(6-9-29)19-11-16(19)7-10-31-18-3-1-17(2-4-18)30-14-27-13-28-30/h1-4,13-16,19H,5-12H2/t16?,19-/m1/s1. The molecule has 2 aromatic rings. The number of halogens is 5. The molecule has 1 aliphatic carbocycles. The summed E-state index contributed by atoms with van der Waals surface area (Å²) in [6.07, 6.45) is 0.967. The zero-order valence-electron chi connectivity index (χ0n) is 16.9. The Morgan fingerprint density at radius 1 is 1.03 bits per heavy atom. The van der Waals surface area contributed by atoms with Gasteiger partial charge in [-0.1, -0.05) is 0 Å². The molecule has 0 N–H and O–H groups in total. The fourth-order valence-electron chi connectivity index (χ4n) is 4.45. The first kappa shape index (κ1) is 22.0. The number of benzene rings is 1. The molecule has 31 heavy (non-hydrogen) atoms. The maximum atomic E-state index is 13.2. The highest BCUT2D eigenvalue weighted by Crippen LogP contribution is 2.50. The molecule has 1 aliphatic heterocycles. The third-order valence-electron chi connectivity index (χ3n) is 6.33. The minimum Gasteiger partial charge on any atom is -0.494 e. The molecule has 0 amide bonds. The van der Waals surface area contributed by atoms with Crippen LogP contribution in [0.5, 0.6) is 5.75 Å². The van der Waals surface area contributed by atoms with E-state index in [0.717, 1.165) is 24.3 Å². The number of hydrogen-bond donors (Lipinski definition) is 0. The lowest BCUT2D eigenvalue weighted by Crippen LogP contribution is -2.49. The molecular formula is C21H25F5N4O. The van der Waals surface area contributed by atoms with E-state index in [2.05, 4.69) is 10.1 Å². The van der Waals surface area contributed by atoms with Gasteiger partial charge in [-0.15, -0.1) is 0 Å². The Labute approximate surface area is 177 Å². The van der Waals surface area contributed by atoms with Crippen LogP contribution in [-0.4, -0.2) is 58.0 Å². The molecule has 170 valence electrons. The maximum Gasteiger partial charge on any atom is 0.454 e. The smallest absolute Gasteiger partial charge is 0.454 e. The Hall–Kier alpha value is -2.23. The van der Waals surface area contributed by atoms with Gasteiger partial charge in [-0.3, -0.25) is 4.90 Å². The van der Waals surface area contributed by atoms with E-state index in [0.29, 0.717) is 50.3 Å². The van der Waals surface area contributed by atoms with Crippen molar-refractivity contribution in [1.29, 1.82) is 0 Å². The van der Waals surface area contributed by atoms with Crippen LogP contribution < -0.4 is 4.74 Å². The van der Waals surface area contributed by atoms with Crippen molar-refractivity contribution in [3.63, 3.8) is 0 Å². The molecule has 2 heterocycles. The summed E-state index contributed by atoms with van der Waals surface area (Å²) >= 11 is 0. The minimum atomic E-state index is -5.48. The van der Waals surface area contributed by atoms with Gasteiger partial charge in [0.1, 0.15) is 18.4 Å². The largest absolute Gasteiger partial charge is 0.494 e. The van der Waals surface area contributed by atoms with Gasteiger partial charge in [0.2, 0.25) is 0 Å². The first-order valence-corrected chi connectivity index (χ1v) is 10.5. The van der Waals surface area contributed by atoms with E-state index in [9.17, 15) is 22.0 Å². The van der Waals surface area contributed by atoms with Crippen LogP contribution in [-0.2, 0) is 0 Å². The summed E-state index contributed by atoms with van der Waals surface area (Å²) < 4.78 is 71.1. The maximum absolute atomic E-state index is 13.2. The van der Waals surface area contributed by atoms with Crippen molar-refractivity contribution in [1.82, 2.24) is 19.7 Å². The Morgan fingerprint density at radius 2 is 1.74 bits per heavy atom. The van der Waals surface area contributed by atoms with Crippen LogP contribution in [0.25, 0.3) is 5.69 Å². The average Bonchev–Trinajstić information content (AvgIpc) is 3.27. The third kappa shape index (κ3) is 5.34. The summed E-state index contributed by atoms with van der Waals surface area (Å²) in [5.74, 6) is -2.39. The number of alkyl halides is 5. The second kappa shape index (κ2) is 8.72. The third-order valence-corrected chi connectivity index (χ3v) is 6.33. The van der Waals surface area contributed by atoms with Gasteiger partial charge >= 0.3 is 12.1 Å². The predicted molar refractivity (Wildman–Crippen MR) is 103 cm³/mol. The number of ether oxygens (including phenoxy) is 1. The van der Waals surface area contributed by atoms with Gasteiger partial charge < -0.3 is 4.74 Å². The van der Waals surface area contributed by atoms with Crippen molar-refractivity contribution in [3.05, 3.63) is 36.9 Å². The monoisotopic (exact) mass is 444 g/mol. The molecule has 2 fully saturated rings. The lowest BCUT2D eigenvalue weighted by atomic mass is 9.90. The Bertz CT molecular complexity index is 832. The molecular weight excluding hydrogens is 419 g/mol. The van der Waals surface area contributed by atoms with Crippen LogP contribution in [0.15, 0.2) is 36.9 Å². The lowest BCUT2D eigenvalue weighted by Gasteiger charge is -2.34. The molecule has 1 aromatic heterocycles. The summed E-state index contributed by atoms with van der Waals surface area (Å²) in [5.41, 5.74) is 0.895. The van der Waals surface area contributed by atoms with Crippen molar-refractivity contribution in [2.75, 3.05) is 26.2 Å². The molecule has 0 bridgehead atoms. The number of rotatable bonds is 8. The van der Waals surface area contributed by atoms with Crippen LogP contribution in [0.2, 0.25) is 0 Å². The van der Waals surface area contributed by atoms with Crippen LogP contribution >= 0.6 is 0 Å². The number of piperidine rings is 1. The fraction of sp³-hybridized carbons (Fsp3) is 0.619. The molecule has 1 unspecified atom stereocenters. The Kier molecular flexibility index (Phi) is 6.18. The van der Waals surface area contributed by atoms with E-state index in [1.807, 2.05) is 24.3 Å². The van der Waals surface area contributed by atoms with Gasteiger partial charge in [-0.25, -0.2) is 9.67 Å². The fourth-order valence-corrected chi connectivity index (χ4v) is 4.45. The van der Waals surface area contributed by atoms with Crippen molar-refractivity contribution >= 4 is 0 Å². The molecule has 5 nitrogen and oxygen atoms in total. The van der Waals surface area contributed by atoms with Gasteiger partial charge in [-0.2, -0.15) is 27.1 Å². The summed E-state index contributed by atoms with van der Waals surface area (Å²) in [7, 11) is 0. The SMILES string of the molecule is FC(F)(F)C(F)(F)CN1CCC([C@H]2CC2CCOc2ccc(-n3cncn3)cc2)CC1. The van der Waals surface area contributed by atoms with Crippen molar-refractivity contribution in [2.45, 2.75) is 37.8 Å². The summed E-state index contributed by atoms with van der Waals surface area (Å²) in [5, 5.41) is 4.07. The van der Waals surface area contributed by atoms with E-state index in [1.54, 1.807) is 11.0 Å². The van der Waals surface area contributed by atoms with Crippen LogP contribution in [0, 0.1) is 17.8 Å². The van der Waals surface area contributed by atoms with Crippen molar-refractivity contribution in [3.8, 4) is 11.4 Å². The van der Waals surface area contributed by atoms with Gasteiger partial charge in [-0.05, 0) is 80.8 Å². The van der Waals surface area contributed by atoms with E-state index < -0.39 is 18.6 Å². The summed E-state index contributed by atoms with van der Waals surface area (Å²) in [6, 6.07) is 7.57. The first-order chi connectivity index (χ1) is 14.7. The molecule has 2 atom stereocenters. The average molecular weight is 444 g/mol. The van der Waals surface area contributed by atoms with E-state index in [-0.39, 0.29) is 0 Å². The Morgan fingerprint density at radius 3 is 2.35 bits per heavy atom. The van der Waals surface area contributed by atoms with Gasteiger partial charge in [0.05, 0.1) is 18.8 Å². The lowest BCUT2D eigenvalue weighted by molar-refractivity contribution is -0.287. The molecule has 10 heteroatoms. The molecule has 1 saturated heterocycles. The van der Waals surface area contributed by atoms with Crippen LogP contribution in [0.1, 0.15) is 25.7 Å². The van der Waals surface area contributed by atoms with Gasteiger partial charge in [0.15, 0.2) is 0 Å².